The van der Waals surface area contributed by atoms with Crippen LogP contribution in [0.3, 0.4) is 0 Å². The number of amides is 1. The molecule has 1 amide bonds. The summed E-state index contributed by atoms with van der Waals surface area (Å²) in [5, 5.41) is 5.63. The fourth-order valence-corrected chi connectivity index (χ4v) is 1.72. The summed E-state index contributed by atoms with van der Waals surface area (Å²) < 4.78 is 0. The minimum Gasteiger partial charge on any atom is -0.355 e. The summed E-state index contributed by atoms with van der Waals surface area (Å²) in [5.41, 5.74) is 1.26. The number of carbonyl (C=O) groups excluding carboxylic acids is 1. The molecule has 0 aliphatic heterocycles. The molecule has 6 heteroatoms. The van der Waals surface area contributed by atoms with Crippen molar-refractivity contribution in [3.05, 3.63) is 46.8 Å². The number of rotatable bonds is 5. The maximum atomic E-state index is 11.6. The quantitative estimate of drug-likeness (QED) is 0.708. The van der Waals surface area contributed by atoms with Gasteiger partial charge in [0.2, 0.25) is 11.9 Å². The monoisotopic (exact) mass is 272 g/mol. The van der Waals surface area contributed by atoms with Gasteiger partial charge >= 0.3 is 0 Å². The summed E-state index contributed by atoms with van der Waals surface area (Å²) in [6.45, 7) is 2.41. The number of nitrogens with zero attached hydrogens (tertiary/aromatic N) is 1. The molecule has 20 heavy (non-hydrogen) atoms. The van der Waals surface area contributed by atoms with Crippen LogP contribution in [0.1, 0.15) is 6.92 Å². The number of nitrogens with one attached hydrogen (secondary N) is 3. The molecule has 0 atom stereocenters. The molecule has 0 aliphatic rings. The van der Waals surface area contributed by atoms with Crippen LogP contribution in [0.25, 0.3) is 11.3 Å². The highest BCUT2D eigenvalue weighted by Crippen LogP contribution is 2.15. The van der Waals surface area contributed by atoms with Gasteiger partial charge < -0.3 is 10.6 Å². The van der Waals surface area contributed by atoms with E-state index in [0.29, 0.717) is 24.7 Å². The molecule has 0 fully saturated rings. The molecule has 3 N–H and O–H groups in total. The third kappa shape index (κ3) is 3.94. The number of anilines is 1. The number of hydrogen-bond acceptors (Lipinski definition) is 4. The Kier molecular flexibility index (Phi) is 4.49. The number of benzene rings is 1. The van der Waals surface area contributed by atoms with Crippen molar-refractivity contribution in [3.63, 3.8) is 0 Å². The van der Waals surface area contributed by atoms with Gasteiger partial charge in [0, 0.05) is 31.6 Å². The Bertz CT molecular complexity index is 637. The molecule has 6 nitrogen and oxygen atoms in total. The number of H-pyrrole nitrogens is 1. The molecular weight excluding hydrogens is 256 g/mol. The predicted octanol–water partition coefficient (Wildman–Crippen LogP) is 0.985. The van der Waals surface area contributed by atoms with Crippen molar-refractivity contribution < 1.29 is 4.79 Å². The van der Waals surface area contributed by atoms with Crippen LogP contribution in [0.5, 0.6) is 0 Å². The molecule has 0 spiro atoms. The maximum Gasteiger partial charge on any atom is 0.252 e. The van der Waals surface area contributed by atoms with Crippen LogP contribution >= 0.6 is 0 Å². The van der Waals surface area contributed by atoms with Gasteiger partial charge in [-0.25, -0.2) is 4.98 Å². The lowest BCUT2D eigenvalue weighted by Crippen LogP contribution is -2.27. The average molecular weight is 272 g/mol. The molecular formula is C14H16N4O2. The third-order valence-corrected chi connectivity index (χ3v) is 2.60. The SMILES string of the molecule is CC(=O)NCCNc1nc(-c2ccccc2)cc(=O)[nH]1. The Hall–Kier alpha value is -2.63. The molecule has 0 radical (unpaired) electrons. The third-order valence-electron chi connectivity index (χ3n) is 2.60. The van der Waals surface area contributed by atoms with E-state index in [1.807, 2.05) is 30.3 Å². The first kappa shape index (κ1) is 13.8. The van der Waals surface area contributed by atoms with E-state index < -0.39 is 0 Å². The van der Waals surface area contributed by atoms with Crippen LogP contribution in [0.2, 0.25) is 0 Å². The Morgan fingerprint density at radius 2 is 2.00 bits per heavy atom. The lowest BCUT2D eigenvalue weighted by atomic mass is 10.1. The molecule has 2 aromatic rings. The van der Waals surface area contributed by atoms with Gasteiger partial charge in [0.1, 0.15) is 0 Å². The van der Waals surface area contributed by atoms with Crippen molar-refractivity contribution in [2.24, 2.45) is 0 Å². The number of aromatic amines is 1. The van der Waals surface area contributed by atoms with E-state index in [0.717, 1.165) is 5.56 Å². The molecule has 0 saturated carbocycles. The minimum atomic E-state index is -0.221. The molecule has 1 aromatic carbocycles. The van der Waals surface area contributed by atoms with Gasteiger partial charge in [-0.1, -0.05) is 30.3 Å². The first-order valence-corrected chi connectivity index (χ1v) is 6.30. The van der Waals surface area contributed by atoms with E-state index in [1.165, 1.54) is 13.0 Å². The molecule has 2 rings (SSSR count). The van der Waals surface area contributed by atoms with E-state index >= 15 is 0 Å². The topological polar surface area (TPSA) is 86.9 Å². The molecule has 0 saturated heterocycles. The second-order valence-corrected chi connectivity index (χ2v) is 4.26. The van der Waals surface area contributed by atoms with Gasteiger partial charge in [-0.3, -0.25) is 14.6 Å². The van der Waals surface area contributed by atoms with Crippen LogP contribution in [0.4, 0.5) is 5.95 Å². The van der Waals surface area contributed by atoms with Crippen molar-refractivity contribution in [2.75, 3.05) is 18.4 Å². The van der Waals surface area contributed by atoms with Crippen LogP contribution in [-0.4, -0.2) is 29.0 Å². The Balaban J connectivity index is 2.09. The molecule has 0 unspecified atom stereocenters. The van der Waals surface area contributed by atoms with Crippen LogP contribution in [0.15, 0.2) is 41.2 Å². The number of aromatic nitrogens is 2. The summed E-state index contributed by atoms with van der Waals surface area (Å²) in [5.74, 6) is 0.299. The normalized spacial score (nSPS) is 10.1. The van der Waals surface area contributed by atoms with Crippen LogP contribution < -0.4 is 16.2 Å². The lowest BCUT2D eigenvalue weighted by Gasteiger charge is -2.07. The molecule has 1 heterocycles. The lowest BCUT2D eigenvalue weighted by molar-refractivity contribution is -0.118. The summed E-state index contributed by atoms with van der Waals surface area (Å²) in [4.78, 5) is 29.3. The van der Waals surface area contributed by atoms with Gasteiger partial charge in [0.25, 0.3) is 5.56 Å². The summed E-state index contributed by atoms with van der Waals surface area (Å²) in [7, 11) is 0. The van der Waals surface area contributed by atoms with Crippen LogP contribution in [-0.2, 0) is 4.79 Å². The molecule has 0 bridgehead atoms. The fraction of sp³-hybridized carbons (Fsp3) is 0.214. The van der Waals surface area contributed by atoms with Gasteiger partial charge in [-0.15, -0.1) is 0 Å². The first-order chi connectivity index (χ1) is 9.65. The highest BCUT2D eigenvalue weighted by Gasteiger charge is 2.03. The molecule has 104 valence electrons. The van der Waals surface area contributed by atoms with E-state index in [1.54, 1.807) is 0 Å². The highest BCUT2D eigenvalue weighted by molar-refractivity contribution is 5.72. The Morgan fingerprint density at radius 1 is 1.25 bits per heavy atom. The fourth-order valence-electron chi connectivity index (χ4n) is 1.72. The zero-order valence-electron chi connectivity index (χ0n) is 11.1. The Labute approximate surface area is 116 Å². The van der Waals surface area contributed by atoms with E-state index in [4.69, 9.17) is 0 Å². The van der Waals surface area contributed by atoms with E-state index in [-0.39, 0.29) is 11.5 Å². The van der Waals surface area contributed by atoms with Crippen LogP contribution in [0, 0.1) is 0 Å². The predicted molar refractivity (Wildman–Crippen MR) is 77.5 cm³/mol. The van der Waals surface area contributed by atoms with Gasteiger partial charge in [0.05, 0.1) is 5.69 Å². The molecule has 0 aliphatic carbocycles. The first-order valence-electron chi connectivity index (χ1n) is 6.30. The smallest absolute Gasteiger partial charge is 0.252 e. The second-order valence-electron chi connectivity index (χ2n) is 4.26. The van der Waals surface area contributed by atoms with E-state index in [9.17, 15) is 9.59 Å². The van der Waals surface area contributed by atoms with Gasteiger partial charge in [-0.2, -0.15) is 0 Å². The maximum absolute atomic E-state index is 11.6. The van der Waals surface area contributed by atoms with Crippen molar-refractivity contribution >= 4 is 11.9 Å². The zero-order valence-corrected chi connectivity index (χ0v) is 11.1. The Morgan fingerprint density at radius 3 is 2.70 bits per heavy atom. The number of hydrogen-bond donors (Lipinski definition) is 3. The second kappa shape index (κ2) is 6.51. The van der Waals surface area contributed by atoms with E-state index in [2.05, 4.69) is 20.6 Å². The summed E-state index contributed by atoms with van der Waals surface area (Å²) in [6, 6.07) is 10.9. The van der Waals surface area contributed by atoms with Gasteiger partial charge in [-0.05, 0) is 0 Å². The summed E-state index contributed by atoms with van der Waals surface area (Å²) >= 11 is 0. The zero-order chi connectivity index (χ0) is 14.4. The number of carbonyl (C=O) groups is 1. The highest BCUT2D eigenvalue weighted by atomic mass is 16.1. The van der Waals surface area contributed by atoms with Crippen molar-refractivity contribution in [1.82, 2.24) is 15.3 Å². The standard InChI is InChI=1S/C14H16N4O2/c1-10(19)15-7-8-16-14-17-12(9-13(20)18-14)11-5-3-2-4-6-11/h2-6,9H,7-8H2,1H3,(H,15,19)(H2,16,17,18,20). The minimum absolute atomic E-state index is 0.0914. The largest absolute Gasteiger partial charge is 0.355 e. The summed E-state index contributed by atoms with van der Waals surface area (Å²) in [6.07, 6.45) is 0. The van der Waals surface area contributed by atoms with Crippen molar-refractivity contribution in [3.8, 4) is 11.3 Å². The van der Waals surface area contributed by atoms with Crippen molar-refractivity contribution in [2.45, 2.75) is 6.92 Å². The average Bonchev–Trinajstić information content (AvgIpc) is 2.44. The van der Waals surface area contributed by atoms with Gasteiger partial charge in [0.15, 0.2) is 0 Å². The molecule has 1 aromatic heterocycles. The van der Waals surface area contributed by atoms with Crippen molar-refractivity contribution in [1.29, 1.82) is 0 Å².